The highest BCUT2D eigenvalue weighted by atomic mass is 16.5. The largest absolute Gasteiger partial charge is 0.488 e. The van der Waals surface area contributed by atoms with E-state index in [0.717, 1.165) is 5.75 Å². The molecule has 1 radical (unpaired) electrons. The van der Waals surface area contributed by atoms with Crippen LogP contribution in [-0.2, 0) is 0 Å². The maximum Gasteiger partial charge on any atom is 0.120 e. The van der Waals surface area contributed by atoms with Crippen LogP contribution < -0.4 is 4.74 Å². The summed E-state index contributed by atoms with van der Waals surface area (Å²) in [5.74, 6) is 0.899. The minimum Gasteiger partial charge on any atom is -0.488 e. The summed E-state index contributed by atoms with van der Waals surface area (Å²) in [6.07, 6.45) is 0. The molecule has 0 atom stereocenters. The zero-order valence-corrected chi connectivity index (χ0v) is 7.22. The summed E-state index contributed by atoms with van der Waals surface area (Å²) in [6, 6.07) is 10.5. The van der Waals surface area contributed by atoms with Gasteiger partial charge in [-0.1, -0.05) is 12.1 Å². The molecule has 11 heavy (non-hydrogen) atoms. The minimum absolute atomic E-state index is 0.110. The Balaban J connectivity index is 2.66. The molecule has 0 heterocycles. The van der Waals surface area contributed by atoms with Crippen molar-refractivity contribution in [2.45, 2.75) is 26.4 Å². The first kappa shape index (κ1) is 8.12. The molecule has 0 aromatic heterocycles. The minimum atomic E-state index is -0.110. The molecule has 0 amide bonds. The van der Waals surface area contributed by atoms with Gasteiger partial charge in [-0.05, 0) is 39.0 Å². The van der Waals surface area contributed by atoms with Gasteiger partial charge in [-0.3, -0.25) is 0 Å². The zero-order chi connectivity index (χ0) is 8.32. The molecular weight excluding hydrogens is 136 g/mol. The van der Waals surface area contributed by atoms with Crippen molar-refractivity contribution in [3.63, 3.8) is 0 Å². The fourth-order valence-corrected chi connectivity index (χ4v) is 0.793. The second kappa shape index (κ2) is 2.95. The predicted octanol–water partition coefficient (Wildman–Crippen LogP) is 2.66. The summed E-state index contributed by atoms with van der Waals surface area (Å²) in [6.45, 7) is 6.09. The lowest BCUT2D eigenvalue weighted by molar-refractivity contribution is 0.131. The molecule has 0 aliphatic carbocycles. The predicted molar refractivity (Wildman–Crippen MR) is 45.7 cm³/mol. The molecular formula is C10H13O. The van der Waals surface area contributed by atoms with E-state index >= 15 is 0 Å². The van der Waals surface area contributed by atoms with E-state index in [1.54, 1.807) is 0 Å². The Hall–Kier alpha value is -0.980. The van der Waals surface area contributed by atoms with Gasteiger partial charge in [-0.25, -0.2) is 0 Å². The smallest absolute Gasteiger partial charge is 0.120 e. The van der Waals surface area contributed by atoms with Crippen LogP contribution in [0.1, 0.15) is 20.8 Å². The lowest BCUT2D eigenvalue weighted by atomic mass is 10.2. The van der Waals surface area contributed by atoms with E-state index in [-0.39, 0.29) is 5.60 Å². The third-order valence-corrected chi connectivity index (χ3v) is 1.11. The van der Waals surface area contributed by atoms with Gasteiger partial charge in [0.2, 0.25) is 0 Å². The Morgan fingerprint density at radius 3 is 2.18 bits per heavy atom. The SMILES string of the molecule is CC(C)(C)Oc1cc[c]cc1. The Kier molecular flexibility index (Phi) is 2.18. The first-order valence-corrected chi connectivity index (χ1v) is 3.73. The molecule has 0 aliphatic heterocycles. The zero-order valence-electron chi connectivity index (χ0n) is 7.22. The molecule has 1 nitrogen and oxygen atoms in total. The monoisotopic (exact) mass is 149 g/mol. The standard InChI is InChI=1S/C10H13O/c1-10(2,3)11-9-7-5-4-6-8-9/h5-8H,1-3H3. The Morgan fingerprint density at radius 1 is 1.18 bits per heavy atom. The van der Waals surface area contributed by atoms with Gasteiger partial charge in [0.1, 0.15) is 11.4 Å². The summed E-state index contributed by atoms with van der Waals surface area (Å²) in [4.78, 5) is 0. The van der Waals surface area contributed by atoms with Gasteiger partial charge in [0, 0.05) is 0 Å². The van der Waals surface area contributed by atoms with Crippen LogP contribution in [0, 0.1) is 6.07 Å². The van der Waals surface area contributed by atoms with Gasteiger partial charge in [-0.15, -0.1) is 0 Å². The number of hydrogen-bond acceptors (Lipinski definition) is 1. The molecule has 0 aliphatic rings. The van der Waals surface area contributed by atoms with E-state index in [1.807, 2.05) is 45.0 Å². The molecule has 0 N–H and O–H groups in total. The molecule has 0 saturated carbocycles. The van der Waals surface area contributed by atoms with Crippen LogP contribution >= 0.6 is 0 Å². The summed E-state index contributed by atoms with van der Waals surface area (Å²) in [5, 5.41) is 0. The van der Waals surface area contributed by atoms with E-state index in [2.05, 4.69) is 6.07 Å². The highest BCUT2D eigenvalue weighted by Gasteiger charge is 2.10. The maximum atomic E-state index is 5.58. The van der Waals surface area contributed by atoms with Crippen LogP contribution in [0.15, 0.2) is 24.3 Å². The highest BCUT2D eigenvalue weighted by Crippen LogP contribution is 2.15. The number of benzene rings is 1. The molecule has 59 valence electrons. The van der Waals surface area contributed by atoms with Crippen molar-refractivity contribution in [3.8, 4) is 5.75 Å². The van der Waals surface area contributed by atoms with Gasteiger partial charge in [0.25, 0.3) is 0 Å². The third kappa shape index (κ3) is 3.08. The molecule has 0 spiro atoms. The van der Waals surface area contributed by atoms with Crippen molar-refractivity contribution in [1.82, 2.24) is 0 Å². The van der Waals surface area contributed by atoms with E-state index in [4.69, 9.17) is 4.74 Å². The molecule has 0 unspecified atom stereocenters. The van der Waals surface area contributed by atoms with E-state index in [0.29, 0.717) is 0 Å². The van der Waals surface area contributed by atoms with Crippen LogP contribution in [0.5, 0.6) is 5.75 Å². The van der Waals surface area contributed by atoms with Gasteiger partial charge in [0.05, 0.1) is 0 Å². The molecule has 1 heteroatoms. The fourth-order valence-electron chi connectivity index (χ4n) is 0.793. The molecule has 0 fully saturated rings. The van der Waals surface area contributed by atoms with Gasteiger partial charge in [-0.2, -0.15) is 0 Å². The molecule has 1 aromatic carbocycles. The lowest BCUT2D eigenvalue weighted by Gasteiger charge is -2.20. The van der Waals surface area contributed by atoms with Crippen LogP contribution in [0.4, 0.5) is 0 Å². The maximum absolute atomic E-state index is 5.58. The normalized spacial score (nSPS) is 11.2. The fraction of sp³-hybridized carbons (Fsp3) is 0.400. The summed E-state index contributed by atoms with van der Waals surface area (Å²) >= 11 is 0. The van der Waals surface area contributed by atoms with E-state index in [9.17, 15) is 0 Å². The number of hydrogen-bond donors (Lipinski definition) is 0. The van der Waals surface area contributed by atoms with Crippen LogP contribution in [-0.4, -0.2) is 5.60 Å². The van der Waals surface area contributed by atoms with E-state index in [1.165, 1.54) is 0 Å². The highest BCUT2D eigenvalue weighted by molar-refractivity contribution is 5.20. The molecule has 0 bridgehead atoms. The second-order valence-electron chi connectivity index (χ2n) is 3.45. The quantitative estimate of drug-likeness (QED) is 0.596. The van der Waals surface area contributed by atoms with Gasteiger partial charge >= 0.3 is 0 Å². The Labute approximate surface area is 68.0 Å². The van der Waals surface area contributed by atoms with Gasteiger partial charge in [0.15, 0.2) is 0 Å². The van der Waals surface area contributed by atoms with Crippen LogP contribution in [0.2, 0.25) is 0 Å². The van der Waals surface area contributed by atoms with Crippen molar-refractivity contribution in [1.29, 1.82) is 0 Å². The Bertz CT molecular complexity index is 208. The van der Waals surface area contributed by atoms with Crippen molar-refractivity contribution >= 4 is 0 Å². The summed E-state index contributed by atoms with van der Waals surface area (Å²) in [7, 11) is 0. The summed E-state index contributed by atoms with van der Waals surface area (Å²) < 4.78 is 5.58. The van der Waals surface area contributed by atoms with Crippen molar-refractivity contribution in [2.24, 2.45) is 0 Å². The second-order valence-corrected chi connectivity index (χ2v) is 3.45. The van der Waals surface area contributed by atoms with Crippen LogP contribution in [0.25, 0.3) is 0 Å². The molecule has 1 rings (SSSR count). The molecule has 0 saturated heterocycles. The average Bonchev–Trinajstić information content (AvgIpc) is 1.85. The van der Waals surface area contributed by atoms with Crippen LogP contribution in [0.3, 0.4) is 0 Å². The first-order chi connectivity index (χ1) is 5.08. The number of rotatable bonds is 1. The van der Waals surface area contributed by atoms with Crippen molar-refractivity contribution in [3.05, 3.63) is 30.3 Å². The number of ether oxygens (including phenoxy) is 1. The Morgan fingerprint density at radius 2 is 1.73 bits per heavy atom. The molecule has 1 aromatic rings. The topological polar surface area (TPSA) is 9.23 Å². The lowest BCUT2D eigenvalue weighted by Crippen LogP contribution is -2.22. The van der Waals surface area contributed by atoms with Gasteiger partial charge < -0.3 is 4.74 Å². The van der Waals surface area contributed by atoms with Crippen molar-refractivity contribution < 1.29 is 4.74 Å². The average molecular weight is 149 g/mol. The van der Waals surface area contributed by atoms with E-state index < -0.39 is 0 Å². The third-order valence-electron chi connectivity index (χ3n) is 1.11. The summed E-state index contributed by atoms with van der Waals surface area (Å²) in [5.41, 5.74) is -0.110. The van der Waals surface area contributed by atoms with Crippen molar-refractivity contribution in [2.75, 3.05) is 0 Å². The first-order valence-electron chi connectivity index (χ1n) is 3.73.